The van der Waals surface area contributed by atoms with E-state index in [0.29, 0.717) is 18.7 Å². The fraction of sp³-hybridized carbons (Fsp3) is 0.618. The summed E-state index contributed by atoms with van der Waals surface area (Å²) in [6.45, 7) is 20.0. The lowest BCUT2D eigenvalue weighted by Gasteiger charge is -2.42. The molecule has 3 amide bonds. The van der Waals surface area contributed by atoms with Crippen molar-refractivity contribution < 1.29 is 24.2 Å². The van der Waals surface area contributed by atoms with E-state index in [9.17, 15) is 19.5 Å². The standard InChI is InChI=1S/C34H49N3O5/c1-9-15-24(7)35(18-10-2)32(41)29-34-20-23(6)33(8,42-34)27(28(34)31(40)37(29)26(21-38)22(4)5)30(39)36(19-11-3)25-16-13-12-14-17-25/h10-14,16-17,22-24,26-29,38H,2-3,9,15,18-21H2,1,4-8H3/t23?,24?,26-,27+,28-,29?,33-,34?/m0/s1. The van der Waals surface area contributed by atoms with Gasteiger partial charge in [0.05, 0.1) is 30.1 Å². The molecule has 1 aromatic carbocycles. The van der Waals surface area contributed by atoms with Gasteiger partial charge in [-0.2, -0.15) is 0 Å². The smallest absolute Gasteiger partial charge is 0.248 e. The molecule has 4 unspecified atom stereocenters. The number of hydrogen-bond donors (Lipinski definition) is 1. The molecule has 3 aliphatic rings. The van der Waals surface area contributed by atoms with Crippen molar-refractivity contribution in [1.29, 1.82) is 0 Å². The highest BCUT2D eigenvalue weighted by atomic mass is 16.5. The van der Waals surface area contributed by atoms with Gasteiger partial charge in [-0.3, -0.25) is 14.4 Å². The number of aliphatic hydroxyl groups is 1. The number of rotatable bonds is 13. The fourth-order valence-corrected chi connectivity index (χ4v) is 7.89. The Bertz CT molecular complexity index is 1190. The number of benzene rings is 1. The lowest BCUT2D eigenvalue weighted by atomic mass is 9.62. The van der Waals surface area contributed by atoms with Crippen molar-refractivity contribution in [3.8, 4) is 0 Å². The summed E-state index contributed by atoms with van der Waals surface area (Å²) in [4.78, 5) is 49.1. The summed E-state index contributed by atoms with van der Waals surface area (Å²) in [6.07, 6.45) is 5.56. The molecule has 1 spiro atoms. The molecule has 0 radical (unpaired) electrons. The first kappa shape index (κ1) is 32.0. The van der Waals surface area contributed by atoms with Gasteiger partial charge in [0.1, 0.15) is 11.6 Å². The van der Waals surface area contributed by atoms with Crippen LogP contribution in [0.4, 0.5) is 5.69 Å². The molecule has 3 saturated heterocycles. The summed E-state index contributed by atoms with van der Waals surface area (Å²) < 4.78 is 6.97. The third-order valence-corrected chi connectivity index (χ3v) is 10.1. The van der Waals surface area contributed by atoms with Gasteiger partial charge in [0.25, 0.3) is 0 Å². The SMILES string of the molecule is C=CCN(C(=O)[C@H]1[C@H]2C(=O)N([C@@H](CO)C(C)C)C(C(=O)N(CC=C)C(C)CCC)C23CC(C)[C@]1(C)O3)c1ccccc1. The third kappa shape index (κ3) is 4.90. The summed E-state index contributed by atoms with van der Waals surface area (Å²) in [6, 6.07) is 7.74. The molecule has 42 heavy (non-hydrogen) atoms. The molecule has 0 aromatic heterocycles. The molecular weight excluding hydrogens is 530 g/mol. The van der Waals surface area contributed by atoms with Crippen molar-refractivity contribution in [3.63, 3.8) is 0 Å². The van der Waals surface area contributed by atoms with Crippen LogP contribution in [-0.4, -0.2) is 81.7 Å². The minimum atomic E-state index is -1.19. The van der Waals surface area contributed by atoms with Crippen molar-refractivity contribution in [1.82, 2.24) is 9.80 Å². The highest BCUT2D eigenvalue weighted by Gasteiger charge is 2.80. The number of anilines is 1. The monoisotopic (exact) mass is 579 g/mol. The number of likely N-dealkylation sites (tertiary alicyclic amines) is 1. The summed E-state index contributed by atoms with van der Waals surface area (Å²) in [5.74, 6) is -2.57. The summed E-state index contributed by atoms with van der Waals surface area (Å²) in [7, 11) is 0. The molecule has 8 heteroatoms. The van der Waals surface area contributed by atoms with Crippen molar-refractivity contribution in [2.75, 3.05) is 24.6 Å². The van der Waals surface area contributed by atoms with Crippen molar-refractivity contribution in [2.24, 2.45) is 23.7 Å². The van der Waals surface area contributed by atoms with Crippen molar-refractivity contribution in [3.05, 3.63) is 55.6 Å². The van der Waals surface area contributed by atoms with Crippen LogP contribution in [0.3, 0.4) is 0 Å². The average Bonchev–Trinajstić information content (AvgIpc) is 3.47. The van der Waals surface area contributed by atoms with E-state index in [1.54, 1.807) is 26.9 Å². The number of fused-ring (bicyclic) bond motifs is 1. The maximum absolute atomic E-state index is 14.7. The Morgan fingerprint density at radius 2 is 1.79 bits per heavy atom. The number of hydrogen-bond acceptors (Lipinski definition) is 5. The Morgan fingerprint density at radius 1 is 1.14 bits per heavy atom. The Hall–Kier alpha value is -2.97. The molecule has 8 atom stereocenters. The summed E-state index contributed by atoms with van der Waals surface area (Å²) in [5, 5.41) is 10.6. The number of para-hydroxylation sites is 1. The van der Waals surface area contributed by atoms with Crippen molar-refractivity contribution in [2.45, 2.75) is 90.1 Å². The first-order valence-corrected chi connectivity index (χ1v) is 15.5. The summed E-state index contributed by atoms with van der Waals surface area (Å²) >= 11 is 0. The van der Waals surface area contributed by atoms with Crippen LogP contribution >= 0.6 is 0 Å². The lowest BCUT2D eigenvalue weighted by Crippen LogP contribution is -2.60. The molecule has 0 aliphatic carbocycles. The second-order valence-corrected chi connectivity index (χ2v) is 12.9. The van der Waals surface area contributed by atoms with Gasteiger partial charge in [0.2, 0.25) is 17.7 Å². The van der Waals surface area contributed by atoms with Crippen LogP contribution in [0.1, 0.15) is 60.8 Å². The fourth-order valence-electron chi connectivity index (χ4n) is 7.89. The zero-order chi connectivity index (χ0) is 31.0. The third-order valence-electron chi connectivity index (χ3n) is 10.1. The van der Waals surface area contributed by atoms with Gasteiger partial charge in [-0.1, -0.05) is 64.5 Å². The lowest BCUT2D eigenvalue weighted by molar-refractivity contribution is -0.157. The highest BCUT2D eigenvalue weighted by Crippen LogP contribution is 2.66. The van der Waals surface area contributed by atoms with Crippen LogP contribution in [0.5, 0.6) is 0 Å². The van der Waals surface area contributed by atoms with E-state index in [-0.39, 0.29) is 48.8 Å². The minimum Gasteiger partial charge on any atom is -0.394 e. The first-order chi connectivity index (χ1) is 19.9. The van der Waals surface area contributed by atoms with Gasteiger partial charge in [0.15, 0.2) is 0 Å². The van der Waals surface area contributed by atoms with Gasteiger partial charge in [-0.05, 0) is 50.7 Å². The van der Waals surface area contributed by atoms with Crippen LogP contribution in [0.2, 0.25) is 0 Å². The molecule has 0 saturated carbocycles. The van der Waals surface area contributed by atoms with E-state index in [1.165, 1.54) is 0 Å². The average molecular weight is 580 g/mol. The Labute approximate surface area is 251 Å². The number of carbonyl (C=O) groups is 3. The van der Waals surface area contributed by atoms with Crippen LogP contribution in [0, 0.1) is 23.7 Å². The number of ether oxygens (including phenoxy) is 1. The van der Waals surface area contributed by atoms with Crippen molar-refractivity contribution >= 4 is 23.4 Å². The van der Waals surface area contributed by atoms with E-state index in [1.807, 2.05) is 65.0 Å². The molecule has 2 bridgehead atoms. The molecule has 4 rings (SSSR count). The Balaban J connectivity index is 1.89. The molecule has 3 fully saturated rings. The zero-order valence-electron chi connectivity index (χ0n) is 26.2. The maximum atomic E-state index is 14.7. The second-order valence-electron chi connectivity index (χ2n) is 12.9. The van der Waals surface area contributed by atoms with E-state index in [4.69, 9.17) is 4.74 Å². The minimum absolute atomic E-state index is 0.0789. The van der Waals surface area contributed by atoms with E-state index >= 15 is 0 Å². The predicted molar refractivity (Wildman–Crippen MR) is 165 cm³/mol. The number of nitrogens with zero attached hydrogens (tertiary/aromatic N) is 3. The summed E-state index contributed by atoms with van der Waals surface area (Å²) in [5.41, 5.74) is -1.42. The molecule has 8 nitrogen and oxygen atoms in total. The van der Waals surface area contributed by atoms with Gasteiger partial charge in [-0.25, -0.2) is 0 Å². The second kappa shape index (κ2) is 12.3. The molecule has 3 heterocycles. The Morgan fingerprint density at radius 3 is 2.33 bits per heavy atom. The Kier molecular flexibility index (Phi) is 9.38. The molecule has 230 valence electrons. The van der Waals surface area contributed by atoms with Crippen LogP contribution in [0.15, 0.2) is 55.6 Å². The number of aliphatic hydroxyl groups excluding tert-OH is 1. The van der Waals surface area contributed by atoms with Crippen LogP contribution in [0.25, 0.3) is 0 Å². The van der Waals surface area contributed by atoms with Gasteiger partial charge in [0, 0.05) is 24.8 Å². The molecule has 3 aliphatic heterocycles. The maximum Gasteiger partial charge on any atom is 0.248 e. The van der Waals surface area contributed by atoms with E-state index < -0.39 is 35.1 Å². The first-order valence-electron chi connectivity index (χ1n) is 15.5. The van der Waals surface area contributed by atoms with Gasteiger partial charge >= 0.3 is 0 Å². The van der Waals surface area contributed by atoms with E-state index in [0.717, 1.165) is 12.8 Å². The molecule has 1 aromatic rings. The largest absolute Gasteiger partial charge is 0.394 e. The highest BCUT2D eigenvalue weighted by molar-refractivity contribution is 6.03. The topological polar surface area (TPSA) is 90.4 Å². The van der Waals surface area contributed by atoms with Gasteiger partial charge < -0.3 is 24.5 Å². The zero-order valence-corrected chi connectivity index (χ0v) is 26.2. The normalized spacial score (nSPS) is 31.1. The quantitative estimate of drug-likeness (QED) is 0.349. The number of carbonyl (C=O) groups excluding carboxylic acids is 3. The van der Waals surface area contributed by atoms with E-state index in [2.05, 4.69) is 20.1 Å². The number of amides is 3. The van der Waals surface area contributed by atoms with Crippen LogP contribution in [-0.2, 0) is 19.1 Å². The predicted octanol–water partition coefficient (Wildman–Crippen LogP) is 4.44. The van der Waals surface area contributed by atoms with Crippen LogP contribution < -0.4 is 4.90 Å². The van der Waals surface area contributed by atoms with Gasteiger partial charge in [-0.15, -0.1) is 13.2 Å². The molecule has 1 N–H and O–H groups in total. The molecular formula is C34H49N3O5.